The monoisotopic (exact) mass is 607 g/mol. The third kappa shape index (κ3) is 35.7. The van der Waals surface area contributed by atoms with Crippen LogP contribution in [0.3, 0.4) is 0 Å². The summed E-state index contributed by atoms with van der Waals surface area (Å²) in [5, 5.41) is 0. The summed E-state index contributed by atoms with van der Waals surface area (Å²) in [5.74, 6) is 0. The van der Waals surface area contributed by atoms with Crippen molar-refractivity contribution in [3.63, 3.8) is 0 Å². The standard InChI is InChI=1S/C39H78N2O2/c1-3-5-7-9-11-13-15-17-19-21-23-25-27-29-31-33-35-42-37-38(39(40)41)43-36-34-32-30-28-26-24-22-20-18-16-14-12-10-8-6-4-2/h17-20,38-39H,3-16,21-37,40-41H2,1-2H3/b19-17-,20-18-. The van der Waals surface area contributed by atoms with E-state index in [4.69, 9.17) is 20.9 Å². The van der Waals surface area contributed by atoms with Crippen molar-refractivity contribution >= 4 is 0 Å². The predicted molar refractivity (Wildman–Crippen MR) is 192 cm³/mol. The molecule has 0 amide bonds. The number of unbranched alkanes of at least 4 members (excludes halogenated alkanes) is 24. The van der Waals surface area contributed by atoms with Gasteiger partial charge in [-0.3, -0.25) is 0 Å². The number of nitrogens with two attached hydrogens (primary N) is 2. The number of hydrogen-bond acceptors (Lipinski definition) is 4. The fraction of sp³-hybridized carbons (Fsp3) is 0.897. The maximum absolute atomic E-state index is 5.97. The molecule has 1 unspecified atom stereocenters. The number of hydrogen-bond donors (Lipinski definition) is 2. The Bertz CT molecular complexity index is 563. The van der Waals surface area contributed by atoms with Crippen LogP contribution in [0.15, 0.2) is 24.3 Å². The smallest absolute Gasteiger partial charge is 0.109 e. The van der Waals surface area contributed by atoms with Crippen molar-refractivity contribution < 1.29 is 9.47 Å². The first-order valence-electron chi connectivity index (χ1n) is 19.2. The van der Waals surface area contributed by atoms with E-state index >= 15 is 0 Å². The molecular weight excluding hydrogens is 528 g/mol. The number of allylic oxidation sites excluding steroid dienone is 4. The Labute approximate surface area is 270 Å². The van der Waals surface area contributed by atoms with Gasteiger partial charge in [-0.25, -0.2) is 0 Å². The average molecular weight is 607 g/mol. The van der Waals surface area contributed by atoms with E-state index in [1.54, 1.807) is 0 Å². The van der Waals surface area contributed by atoms with E-state index in [0.717, 1.165) is 26.1 Å². The lowest BCUT2D eigenvalue weighted by Crippen LogP contribution is -2.47. The van der Waals surface area contributed by atoms with Crippen LogP contribution in [0, 0.1) is 0 Å². The van der Waals surface area contributed by atoms with Crippen molar-refractivity contribution in [3.8, 4) is 0 Å². The summed E-state index contributed by atoms with van der Waals surface area (Å²) in [5.41, 5.74) is 11.9. The Balaban J connectivity index is 3.43. The van der Waals surface area contributed by atoms with Crippen molar-refractivity contribution in [1.29, 1.82) is 0 Å². The van der Waals surface area contributed by atoms with Crippen LogP contribution >= 0.6 is 0 Å². The Morgan fingerprint density at radius 2 is 0.744 bits per heavy atom. The molecule has 0 aliphatic rings. The van der Waals surface area contributed by atoms with Gasteiger partial charge in [-0.15, -0.1) is 0 Å². The van der Waals surface area contributed by atoms with Crippen LogP contribution in [0.25, 0.3) is 0 Å². The minimum absolute atomic E-state index is 0.197. The summed E-state index contributed by atoms with van der Waals surface area (Å²) < 4.78 is 11.8. The fourth-order valence-electron chi connectivity index (χ4n) is 5.51. The number of ether oxygens (including phenoxy) is 2. The zero-order chi connectivity index (χ0) is 31.3. The predicted octanol–water partition coefficient (Wildman–Crippen LogP) is 11.7. The molecule has 0 heterocycles. The summed E-state index contributed by atoms with van der Waals surface area (Å²) in [6.07, 6.45) is 45.9. The zero-order valence-electron chi connectivity index (χ0n) is 29.4. The molecule has 0 spiro atoms. The molecule has 4 heteroatoms. The van der Waals surface area contributed by atoms with Crippen LogP contribution in [0.5, 0.6) is 0 Å². The van der Waals surface area contributed by atoms with E-state index in [-0.39, 0.29) is 6.10 Å². The fourth-order valence-corrected chi connectivity index (χ4v) is 5.51. The molecule has 43 heavy (non-hydrogen) atoms. The van der Waals surface area contributed by atoms with Gasteiger partial charge in [0.1, 0.15) is 6.10 Å². The third-order valence-electron chi connectivity index (χ3n) is 8.50. The lowest BCUT2D eigenvalue weighted by Gasteiger charge is -2.21. The molecule has 0 saturated heterocycles. The molecule has 0 aliphatic carbocycles. The van der Waals surface area contributed by atoms with Crippen molar-refractivity contribution in [2.45, 2.75) is 206 Å². The summed E-state index contributed by atoms with van der Waals surface area (Å²) in [4.78, 5) is 0. The van der Waals surface area contributed by atoms with E-state index in [1.807, 2.05) is 0 Å². The van der Waals surface area contributed by atoms with Crippen LogP contribution in [0.2, 0.25) is 0 Å². The molecule has 0 rings (SSSR count). The summed E-state index contributed by atoms with van der Waals surface area (Å²) >= 11 is 0. The molecule has 0 radical (unpaired) electrons. The highest BCUT2D eigenvalue weighted by Crippen LogP contribution is 2.12. The maximum Gasteiger partial charge on any atom is 0.109 e. The molecule has 0 aromatic carbocycles. The van der Waals surface area contributed by atoms with Crippen LogP contribution in [0.4, 0.5) is 0 Å². The lowest BCUT2D eigenvalue weighted by atomic mass is 10.1. The molecule has 4 N–H and O–H groups in total. The van der Waals surface area contributed by atoms with Gasteiger partial charge in [-0.2, -0.15) is 0 Å². The second kappa shape index (κ2) is 37.5. The summed E-state index contributed by atoms with van der Waals surface area (Å²) in [7, 11) is 0. The van der Waals surface area contributed by atoms with Gasteiger partial charge in [-0.05, 0) is 64.2 Å². The minimum Gasteiger partial charge on any atom is -0.379 e. The van der Waals surface area contributed by atoms with Crippen molar-refractivity contribution in [3.05, 3.63) is 24.3 Å². The molecular formula is C39H78N2O2. The zero-order valence-corrected chi connectivity index (χ0v) is 29.4. The second-order valence-electron chi connectivity index (χ2n) is 12.9. The van der Waals surface area contributed by atoms with Gasteiger partial charge in [-0.1, -0.05) is 154 Å². The lowest BCUT2D eigenvalue weighted by molar-refractivity contribution is -0.0299. The summed E-state index contributed by atoms with van der Waals surface area (Å²) in [6, 6.07) is 0. The van der Waals surface area contributed by atoms with E-state index in [1.165, 1.54) is 167 Å². The quantitative estimate of drug-likeness (QED) is 0.0423. The Hall–Kier alpha value is -0.680. The Kier molecular flexibility index (Phi) is 36.9. The molecule has 4 nitrogen and oxygen atoms in total. The van der Waals surface area contributed by atoms with Crippen molar-refractivity contribution in [2.24, 2.45) is 11.5 Å². The Morgan fingerprint density at radius 1 is 0.419 bits per heavy atom. The minimum atomic E-state index is -0.478. The molecule has 0 aliphatic heterocycles. The molecule has 256 valence electrons. The Morgan fingerprint density at radius 3 is 1.12 bits per heavy atom. The average Bonchev–Trinajstić information content (AvgIpc) is 3.00. The molecule has 0 bridgehead atoms. The van der Waals surface area contributed by atoms with Crippen LogP contribution in [-0.2, 0) is 9.47 Å². The highest BCUT2D eigenvalue weighted by molar-refractivity contribution is 4.82. The van der Waals surface area contributed by atoms with Crippen molar-refractivity contribution in [1.82, 2.24) is 0 Å². The van der Waals surface area contributed by atoms with Crippen LogP contribution < -0.4 is 11.5 Å². The molecule has 0 aromatic rings. The maximum atomic E-state index is 5.97. The molecule has 0 fully saturated rings. The van der Waals surface area contributed by atoms with Crippen LogP contribution in [0.1, 0.15) is 194 Å². The molecule has 0 saturated carbocycles. The molecule has 0 aromatic heterocycles. The van der Waals surface area contributed by atoms with Gasteiger partial charge >= 0.3 is 0 Å². The van der Waals surface area contributed by atoms with Gasteiger partial charge in [0.2, 0.25) is 0 Å². The highest BCUT2D eigenvalue weighted by Gasteiger charge is 2.14. The van der Waals surface area contributed by atoms with E-state index in [9.17, 15) is 0 Å². The molecule has 1 atom stereocenters. The first-order chi connectivity index (χ1) is 21.2. The normalized spacial score (nSPS) is 12.9. The van der Waals surface area contributed by atoms with E-state index in [0.29, 0.717) is 6.61 Å². The third-order valence-corrected chi connectivity index (χ3v) is 8.50. The van der Waals surface area contributed by atoms with Gasteiger partial charge in [0.25, 0.3) is 0 Å². The topological polar surface area (TPSA) is 70.5 Å². The highest BCUT2D eigenvalue weighted by atomic mass is 16.5. The SMILES string of the molecule is CCCCCCCC/C=C\CCCCCCCCOCC(OCCCCCCCC/C=C\CCCCCCCC)C(N)N. The van der Waals surface area contributed by atoms with E-state index in [2.05, 4.69) is 38.2 Å². The van der Waals surface area contributed by atoms with Gasteiger partial charge < -0.3 is 20.9 Å². The van der Waals surface area contributed by atoms with E-state index < -0.39 is 6.17 Å². The van der Waals surface area contributed by atoms with Gasteiger partial charge in [0.05, 0.1) is 12.8 Å². The summed E-state index contributed by atoms with van der Waals surface area (Å²) in [6.45, 7) is 6.58. The second-order valence-corrected chi connectivity index (χ2v) is 12.9. The first kappa shape index (κ1) is 42.3. The van der Waals surface area contributed by atoms with Gasteiger partial charge in [0.15, 0.2) is 0 Å². The van der Waals surface area contributed by atoms with Gasteiger partial charge in [0, 0.05) is 13.2 Å². The first-order valence-corrected chi connectivity index (χ1v) is 19.2. The van der Waals surface area contributed by atoms with Crippen molar-refractivity contribution in [2.75, 3.05) is 19.8 Å². The number of rotatable bonds is 36. The largest absolute Gasteiger partial charge is 0.379 e. The van der Waals surface area contributed by atoms with Crippen LogP contribution in [-0.4, -0.2) is 32.1 Å².